The van der Waals surface area contributed by atoms with Crippen molar-refractivity contribution >= 4 is 35.3 Å². The van der Waals surface area contributed by atoms with Crippen LogP contribution < -0.4 is 0 Å². The van der Waals surface area contributed by atoms with Crippen molar-refractivity contribution in [2.75, 3.05) is 6.35 Å². The molecule has 1 fully saturated rings. The third kappa shape index (κ3) is 5.12. The van der Waals surface area contributed by atoms with E-state index in [0.717, 1.165) is 4.90 Å². The van der Waals surface area contributed by atoms with Gasteiger partial charge in [0, 0.05) is 13.1 Å². The molecule has 118 valence electrons. The van der Waals surface area contributed by atoms with Gasteiger partial charge in [-0.05, 0) is 13.0 Å². The molecule has 0 unspecified atom stereocenters. The number of hydrogen-bond donors (Lipinski definition) is 1. The van der Waals surface area contributed by atoms with Crippen LogP contribution >= 0.6 is 23.6 Å². The summed E-state index contributed by atoms with van der Waals surface area (Å²) >= 11 is 3.17. The summed E-state index contributed by atoms with van der Waals surface area (Å²) < 4.78 is 31.2. The molecule has 4 atom stereocenters. The van der Waals surface area contributed by atoms with Gasteiger partial charge >= 0.3 is 7.68 Å². The van der Waals surface area contributed by atoms with Crippen molar-refractivity contribution in [3.63, 3.8) is 0 Å². The van der Waals surface area contributed by atoms with Crippen LogP contribution in [0.1, 0.15) is 13.8 Å². The Hall–Kier alpha value is -0.860. The zero-order chi connectivity index (χ0) is 16.2. The van der Waals surface area contributed by atoms with Crippen LogP contribution in [0.3, 0.4) is 0 Å². The van der Waals surface area contributed by atoms with E-state index in [0.29, 0.717) is 0 Å². The molecule has 21 heavy (non-hydrogen) atoms. The number of hydrogen-bond acceptors (Lipinski definition) is 7. The van der Waals surface area contributed by atoms with Crippen molar-refractivity contribution in [3.05, 3.63) is 12.3 Å². The second kappa shape index (κ2) is 7.95. The van der Waals surface area contributed by atoms with E-state index in [4.69, 9.17) is 9.47 Å². The molecule has 0 bridgehead atoms. The van der Waals surface area contributed by atoms with Gasteiger partial charge in [0.25, 0.3) is 0 Å². The Morgan fingerprint density at radius 2 is 2.05 bits per heavy atom. The third-order valence-electron chi connectivity index (χ3n) is 2.60. The van der Waals surface area contributed by atoms with Crippen LogP contribution in [-0.4, -0.2) is 51.5 Å². The smallest absolute Gasteiger partial charge is 0.342 e. The fraction of sp³-hybridized carbons (Fsp3) is 0.636. The number of carbonyl (C=O) groups is 2. The van der Waals surface area contributed by atoms with Crippen molar-refractivity contribution in [2.45, 2.75) is 37.3 Å². The van der Waals surface area contributed by atoms with Gasteiger partial charge in [-0.1, -0.05) is 15.9 Å². The van der Waals surface area contributed by atoms with Gasteiger partial charge in [0.2, 0.25) is 5.91 Å². The maximum absolute atomic E-state index is 11.6. The van der Waals surface area contributed by atoms with E-state index in [1.807, 2.05) is 0 Å². The number of ether oxygens (including phenoxy) is 2. The van der Waals surface area contributed by atoms with Crippen molar-refractivity contribution in [1.82, 2.24) is 4.90 Å². The zero-order valence-corrected chi connectivity index (χ0v) is 13.8. The van der Waals surface area contributed by atoms with E-state index < -0.39 is 43.4 Å². The Morgan fingerprint density at radius 1 is 1.43 bits per heavy atom. The number of rotatable bonds is 6. The van der Waals surface area contributed by atoms with Crippen molar-refractivity contribution in [2.24, 2.45) is 0 Å². The van der Waals surface area contributed by atoms with Gasteiger partial charge in [0.05, 0.1) is 4.83 Å². The first-order chi connectivity index (χ1) is 9.73. The molecule has 0 aliphatic carbocycles. The van der Waals surface area contributed by atoms with Crippen LogP contribution in [0.4, 0.5) is 0 Å². The van der Waals surface area contributed by atoms with Crippen LogP contribution in [0.5, 0.6) is 0 Å². The summed E-state index contributed by atoms with van der Waals surface area (Å²) in [4.78, 5) is 23.0. The fourth-order valence-electron chi connectivity index (χ4n) is 1.66. The molecule has 1 N–H and O–H groups in total. The molecule has 1 amide bonds. The van der Waals surface area contributed by atoms with Gasteiger partial charge in [0.1, 0.15) is 6.10 Å². The number of alkyl halides is 1. The first-order valence-corrected chi connectivity index (χ1v) is 8.20. The minimum atomic E-state index is -2.78. The number of aliphatic hydroxyl groups excluding tert-OH is 1. The number of aliphatic hydroxyl groups is 1. The summed E-state index contributed by atoms with van der Waals surface area (Å²) in [7, 11) is -2.78. The minimum absolute atomic E-state index is 0.262. The highest BCUT2D eigenvalue weighted by Crippen LogP contribution is 2.31. The van der Waals surface area contributed by atoms with Gasteiger partial charge in [-0.3, -0.25) is 14.5 Å². The lowest BCUT2D eigenvalue weighted by atomic mass is 10.2. The maximum atomic E-state index is 11.6. The van der Waals surface area contributed by atoms with Gasteiger partial charge in [-0.2, -0.15) is 0 Å². The highest BCUT2D eigenvalue weighted by Gasteiger charge is 2.46. The molecule has 0 saturated carbocycles. The predicted octanol–water partition coefficient (Wildman–Crippen LogP) is 0.891. The maximum Gasteiger partial charge on any atom is 0.342 e. The van der Waals surface area contributed by atoms with Gasteiger partial charge in [0.15, 0.2) is 24.6 Å². The zero-order valence-electron chi connectivity index (χ0n) is 11.3. The highest BCUT2D eigenvalue weighted by molar-refractivity contribution is 9.09. The molecule has 1 aliphatic rings. The molecule has 1 heterocycles. The topological polar surface area (TPSA) is 110 Å². The molecule has 0 radical (unpaired) electrons. The van der Waals surface area contributed by atoms with Crippen LogP contribution in [0.2, 0.25) is 0 Å². The molecule has 1 aliphatic heterocycles. The summed E-state index contributed by atoms with van der Waals surface area (Å²) in [5, 5.41) is 9.93. The fourth-order valence-corrected chi connectivity index (χ4v) is 2.55. The number of ketones is 1. The van der Waals surface area contributed by atoms with Gasteiger partial charge in [-0.15, -0.1) is 0 Å². The molecular formula is C11H15BrNO7P. The molecule has 10 heteroatoms. The Balaban J connectivity index is 2.85. The molecule has 0 aromatic rings. The Labute approximate surface area is 130 Å². The largest absolute Gasteiger partial charge is 0.386 e. The molecule has 1 saturated heterocycles. The van der Waals surface area contributed by atoms with E-state index in [9.17, 15) is 23.8 Å². The lowest BCUT2D eigenvalue weighted by molar-refractivity contribution is -0.177. The second-order valence-electron chi connectivity index (χ2n) is 4.31. The average molecular weight is 384 g/mol. The minimum Gasteiger partial charge on any atom is -0.386 e. The highest BCUT2D eigenvalue weighted by atomic mass is 79.9. The molecule has 0 spiro atoms. The first kappa shape index (κ1) is 18.2. The van der Waals surface area contributed by atoms with Crippen molar-refractivity contribution in [3.8, 4) is 0 Å². The van der Waals surface area contributed by atoms with E-state index in [1.165, 1.54) is 26.1 Å². The summed E-state index contributed by atoms with van der Waals surface area (Å²) in [5.74, 6) is -0.674. The Kier molecular flexibility index (Phi) is 6.89. The van der Waals surface area contributed by atoms with Crippen LogP contribution in [0.15, 0.2) is 12.3 Å². The molecule has 8 nitrogen and oxygen atoms in total. The van der Waals surface area contributed by atoms with E-state index in [2.05, 4.69) is 15.9 Å². The summed E-state index contributed by atoms with van der Waals surface area (Å²) in [6.45, 7) is 2.59. The molecule has 1 rings (SSSR count). The molecule has 0 aromatic carbocycles. The summed E-state index contributed by atoms with van der Waals surface area (Å²) in [6.07, 6.45) is -1.47. The van der Waals surface area contributed by atoms with Crippen LogP contribution in [0.25, 0.3) is 0 Å². The quantitative estimate of drug-likeness (QED) is 0.411. The normalized spacial score (nSPS) is 28.8. The second-order valence-corrected chi connectivity index (χ2v) is 6.29. The van der Waals surface area contributed by atoms with Crippen molar-refractivity contribution in [1.29, 1.82) is 0 Å². The van der Waals surface area contributed by atoms with Crippen LogP contribution in [-0.2, 0) is 28.2 Å². The third-order valence-corrected chi connectivity index (χ3v) is 3.96. The standard InChI is InChI=1S/C11H15BrNO7P/c1-6(14)3-4-13(7(2)15)10-8(12)9(16)11(20-10)19-5-21(17)18/h3-4,8-11,16H,5H2,1-2H3/b4-3-/t8-,9+,10-,11+/m1/s1. The first-order valence-electron chi connectivity index (χ1n) is 5.92. The van der Waals surface area contributed by atoms with Crippen molar-refractivity contribution < 1.29 is 33.3 Å². The van der Waals surface area contributed by atoms with Crippen LogP contribution in [0, 0.1) is 0 Å². The van der Waals surface area contributed by atoms with Gasteiger partial charge < -0.3 is 14.6 Å². The summed E-state index contributed by atoms with van der Waals surface area (Å²) in [5.41, 5.74) is 0. The predicted molar refractivity (Wildman–Crippen MR) is 74.0 cm³/mol. The lowest BCUT2D eigenvalue weighted by Crippen LogP contribution is -2.40. The number of nitrogens with zero attached hydrogens (tertiary/aromatic N) is 1. The Bertz CT molecular complexity index is 499. The monoisotopic (exact) mass is 383 g/mol. The number of amides is 1. The average Bonchev–Trinajstić information content (AvgIpc) is 2.64. The number of carbonyl (C=O) groups excluding carboxylic acids is 2. The molecule has 0 aromatic heterocycles. The number of allylic oxidation sites excluding steroid dienone is 1. The Morgan fingerprint density at radius 3 is 2.52 bits per heavy atom. The molecular weight excluding hydrogens is 369 g/mol. The van der Waals surface area contributed by atoms with Gasteiger partial charge in [-0.25, -0.2) is 9.13 Å². The van der Waals surface area contributed by atoms with E-state index >= 15 is 0 Å². The number of halogens is 1. The lowest BCUT2D eigenvalue weighted by Gasteiger charge is -2.25. The van der Waals surface area contributed by atoms with E-state index in [-0.39, 0.29) is 5.78 Å². The SMILES string of the molecule is CC(=O)/C=C\N(C(C)=O)[C@@H]1O[C@H](OCP(=O)=O)[C@@H](O)[C@H]1Br. The summed E-state index contributed by atoms with van der Waals surface area (Å²) in [6, 6.07) is 0. The van der Waals surface area contributed by atoms with E-state index in [1.54, 1.807) is 0 Å².